The molecule has 0 saturated heterocycles. The number of hydrogen-bond donors (Lipinski definition) is 0. The Morgan fingerprint density at radius 3 is 2.00 bits per heavy atom. The maximum absolute atomic E-state index is 9.59. The van der Waals surface area contributed by atoms with Crippen LogP contribution in [0.3, 0.4) is 0 Å². The van der Waals surface area contributed by atoms with Gasteiger partial charge in [-0.3, -0.25) is 0 Å². The molecule has 0 aliphatic heterocycles. The fraction of sp³-hybridized carbons (Fsp3) is 0.500. The summed E-state index contributed by atoms with van der Waals surface area (Å²) >= 11 is 0. The van der Waals surface area contributed by atoms with Crippen LogP contribution >= 0.6 is 0 Å². The molecule has 2 nitrogen and oxygen atoms in total. The van der Waals surface area contributed by atoms with Crippen LogP contribution in [0.5, 0.6) is 0 Å². The van der Waals surface area contributed by atoms with E-state index in [2.05, 4.69) is 4.99 Å². The van der Waals surface area contributed by atoms with Crippen LogP contribution in [-0.4, -0.2) is 6.08 Å². The minimum atomic E-state index is 0.750. The lowest BCUT2D eigenvalue weighted by molar-refractivity contribution is 0.564. The summed E-state index contributed by atoms with van der Waals surface area (Å²) in [6.45, 7) is 5.58. The molecule has 0 aromatic rings. The van der Waals surface area contributed by atoms with Crippen LogP contribution in [0.2, 0.25) is 0 Å². The van der Waals surface area contributed by atoms with Gasteiger partial charge in [-0.25, -0.2) is 4.79 Å². The van der Waals surface area contributed by atoms with Gasteiger partial charge in [0.1, 0.15) is 0 Å². The number of hydrogen-bond acceptors (Lipinski definition) is 2. The predicted molar refractivity (Wildman–Crippen MR) is 32.2 cm³/mol. The zero-order valence-corrected chi connectivity index (χ0v) is 5.36. The van der Waals surface area contributed by atoms with E-state index >= 15 is 0 Å². The first-order valence-corrected chi connectivity index (χ1v) is 2.40. The first-order chi connectivity index (χ1) is 3.68. The quantitative estimate of drug-likeness (QED) is 0.373. The van der Waals surface area contributed by atoms with E-state index in [1.807, 2.05) is 13.8 Å². The van der Waals surface area contributed by atoms with Crippen LogP contribution in [-0.2, 0) is 4.79 Å². The van der Waals surface area contributed by atoms with Crippen LogP contribution in [0, 0.1) is 0 Å². The van der Waals surface area contributed by atoms with Crippen molar-refractivity contribution in [2.45, 2.75) is 20.8 Å². The van der Waals surface area contributed by atoms with Gasteiger partial charge in [-0.2, -0.15) is 4.99 Å². The van der Waals surface area contributed by atoms with Crippen LogP contribution in [0.15, 0.2) is 16.3 Å². The highest BCUT2D eigenvalue weighted by Gasteiger charge is 1.83. The predicted octanol–water partition coefficient (Wildman–Crippen LogP) is 1.64. The topological polar surface area (TPSA) is 29.4 Å². The summed E-state index contributed by atoms with van der Waals surface area (Å²) in [7, 11) is 0. The van der Waals surface area contributed by atoms with Crippen molar-refractivity contribution in [2.24, 2.45) is 4.99 Å². The van der Waals surface area contributed by atoms with E-state index in [-0.39, 0.29) is 0 Å². The third-order valence-electron chi connectivity index (χ3n) is 0.937. The van der Waals surface area contributed by atoms with Crippen LogP contribution in [0.25, 0.3) is 0 Å². The molecule has 0 rings (SSSR count). The minimum absolute atomic E-state index is 0.750. The molecule has 0 unspecified atom stereocenters. The summed E-state index contributed by atoms with van der Waals surface area (Å²) in [6.07, 6.45) is 1.47. The fourth-order valence-corrected chi connectivity index (χ4v) is 0.180. The lowest BCUT2D eigenvalue weighted by atomic mass is 10.3. The van der Waals surface area contributed by atoms with Crippen molar-refractivity contribution in [1.29, 1.82) is 0 Å². The molecule has 0 fully saturated rings. The molecule has 0 atom stereocenters. The van der Waals surface area contributed by atoms with Gasteiger partial charge in [0.15, 0.2) is 0 Å². The molecule has 0 aromatic carbocycles. The number of allylic oxidation sites excluding steroid dienone is 2. The smallest absolute Gasteiger partial charge is 0.211 e. The second kappa shape index (κ2) is 3.16. The van der Waals surface area contributed by atoms with Gasteiger partial charge in [-0.05, 0) is 20.8 Å². The highest BCUT2D eigenvalue weighted by atomic mass is 16.1. The lowest BCUT2D eigenvalue weighted by Crippen LogP contribution is -1.71. The molecule has 0 aromatic heterocycles. The van der Waals surface area contributed by atoms with Crippen molar-refractivity contribution >= 4 is 6.08 Å². The fourth-order valence-electron chi connectivity index (χ4n) is 0.180. The molecular formula is C6H9NO. The van der Waals surface area contributed by atoms with Crippen LogP contribution < -0.4 is 0 Å². The number of carbonyl (C=O) groups excluding carboxylic acids is 1. The monoisotopic (exact) mass is 111 g/mol. The molecule has 0 saturated carbocycles. The Labute approximate surface area is 48.9 Å². The molecule has 0 aliphatic carbocycles. The Kier molecular flexibility index (Phi) is 2.82. The van der Waals surface area contributed by atoms with Gasteiger partial charge in [-0.15, -0.1) is 0 Å². The molecule has 0 radical (unpaired) electrons. The molecule has 0 amide bonds. The number of isocyanates is 1. The van der Waals surface area contributed by atoms with E-state index in [1.165, 1.54) is 6.08 Å². The molecule has 0 N–H and O–H groups in total. The molecule has 0 heterocycles. The normalized spacial score (nSPS) is 7.38. The van der Waals surface area contributed by atoms with Gasteiger partial charge < -0.3 is 0 Å². The number of rotatable bonds is 1. The maximum Gasteiger partial charge on any atom is 0.240 e. The number of aliphatic imine (C=N–C) groups is 1. The average Bonchev–Trinajstić information content (AvgIpc) is 1.67. The molecule has 0 aliphatic rings. The Morgan fingerprint density at radius 1 is 1.38 bits per heavy atom. The third-order valence-corrected chi connectivity index (χ3v) is 0.937. The largest absolute Gasteiger partial charge is 0.240 e. The molecular weight excluding hydrogens is 102 g/mol. The van der Waals surface area contributed by atoms with E-state index in [0.29, 0.717) is 0 Å². The number of nitrogens with zero attached hydrogens (tertiary/aromatic N) is 1. The molecule has 2 heteroatoms. The molecule has 44 valence electrons. The highest BCUT2D eigenvalue weighted by molar-refractivity contribution is 5.37. The van der Waals surface area contributed by atoms with Gasteiger partial charge in [0.25, 0.3) is 0 Å². The summed E-state index contributed by atoms with van der Waals surface area (Å²) in [5, 5.41) is 0. The second-order valence-electron chi connectivity index (χ2n) is 1.79. The zero-order valence-electron chi connectivity index (χ0n) is 5.36. The van der Waals surface area contributed by atoms with Crippen LogP contribution in [0.1, 0.15) is 20.8 Å². The van der Waals surface area contributed by atoms with Gasteiger partial charge in [0.05, 0.1) is 0 Å². The van der Waals surface area contributed by atoms with Gasteiger partial charge in [0.2, 0.25) is 6.08 Å². The first-order valence-electron chi connectivity index (χ1n) is 2.40. The third kappa shape index (κ3) is 2.32. The maximum atomic E-state index is 9.59. The van der Waals surface area contributed by atoms with Crippen molar-refractivity contribution in [2.75, 3.05) is 0 Å². The Balaban J connectivity index is 4.22. The lowest BCUT2D eigenvalue weighted by Gasteiger charge is -1.87. The van der Waals surface area contributed by atoms with Crippen molar-refractivity contribution in [3.8, 4) is 0 Å². The highest BCUT2D eigenvalue weighted by Crippen LogP contribution is 2.00. The zero-order chi connectivity index (χ0) is 6.57. The van der Waals surface area contributed by atoms with Crippen molar-refractivity contribution in [3.05, 3.63) is 11.3 Å². The summed E-state index contributed by atoms with van der Waals surface area (Å²) in [6, 6.07) is 0. The van der Waals surface area contributed by atoms with E-state index in [9.17, 15) is 4.79 Å². The molecule has 0 bridgehead atoms. The van der Waals surface area contributed by atoms with Gasteiger partial charge in [-0.1, -0.05) is 5.57 Å². The Bertz CT molecular complexity index is 148. The van der Waals surface area contributed by atoms with Crippen molar-refractivity contribution in [3.63, 3.8) is 0 Å². The van der Waals surface area contributed by atoms with Gasteiger partial charge in [0, 0.05) is 5.70 Å². The summed E-state index contributed by atoms with van der Waals surface area (Å²) in [4.78, 5) is 13.0. The van der Waals surface area contributed by atoms with Crippen LogP contribution in [0.4, 0.5) is 0 Å². The standard InChI is InChI=1S/C6H9NO/c1-5(2)6(3)7-4-8/h1-3H3. The summed E-state index contributed by atoms with van der Waals surface area (Å²) in [5.41, 5.74) is 1.80. The van der Waals surface area contributed by atoms with E-state index in [4.69, 9.17) is 0 Å². The summed E-state index contributed by atoms with van der Waals surface area (Å²) < 4.78 is 0. The SMILES string of the molecule is CC(C)=C(C)N=C=O. The van der Waals surface area contributed by atoms with E-state index < -0.39 is 0 Å². The van der Waals surface area contributed by atoms with Crippen molar-refractivity contribution < 1.29 is 4.79 Å². The second-order valence-corrected chi connectivity index (χ2v) is 1.79. The van der Waals surface area contributed by atoms with Gasteiger partial charge >= 0.3 is 0 Å². The van der Waals surface area contributed by atoms with E-state index in [1.54, 1.807) is 6.92 Å². The Hall–Kier alpha value is -0.880. The van der Waals surface area contributed by atoms with Crippen molar-refractivity contribution in [1.82, 2.24) is 0 Å². The molecule has 8 heavy (non-hydrogen) atoms. The average molecular weight is 111 g/mol. The summed E-state index contributed by atoms with van der Waals surface area (Å²) in [5.74, 6) is 0. The van der Waals surface area contributed by atoms with E-state index in [0.717, 1.165) is 11.3 Å². The molecule has 0 spiro atoms. The Morgan fingerprint density at radius 2 is 1.88 bits per heavy atom. The minimum Gasteiger partial charge on any atom is -0.211 e. The first kappa shape index (κ1) is 7.12.